The average Bonchev–Trinajstić information content (AvgIpc) is 2.12. The van der Waals surface area contributed by atoms with Gasteiger partial charge in [0, 0.05) is 0 Å². The number of allylic oxidation sites excluding steroid dienone is 3. The van der Waals surface area contributed by atoms with Crippen LogP contribution in [0.2, 0.25) is 0 Å². The van der Waals surface area contributed by atoms with Gasteiger partial charge in [0.15, 0.2) is 0 Å². The Kier molecular flexibility index (Phi) is 3.14. The van der Waals surface area contributed by atoms with Crippen LogP contribution in [0.15, 0.2) is 23.8 Å². The second-order valence-electron chi connectivity index (χ2n) is 2.99. The summed E-state index contributed by atoms with van der Waals surface area (Å²) in [6, 6.07) is 0. The van der Waals surface area contributed by atoms with E-state index in [1.807, 2.05) is 13.0 Å². The van der Waals surface area contributed by atoms with Crippen molar-refractivity contribution in [3.8, 4) is 0 Å². The lowest BCUT2D eigenvalue weighted by Crippen LogP contribution is -2.21. The van der Waals surface area contributed by atoms with E-state index in [0.717, 1.165) is 5.57 Å². The molecule has 1 atom stereocenters. The summed E-state index contributed by atoms with van der Waals surface area (Å²) in [6.45, 7) is 1.85. The highest BCUT2D eigenvalue weighted by Crippen LogP contribution is 2.23. The highest BCUT2D eigenvalue weighted by atomic mass is 19.4. The predicted molar refractivity (Wildman–Crippen MR) is 43.1 cm³/mol. The summed E-state index contributed by atoms with van der Waals surface area (Å²) in [6.07, 6.45) is 0.639. The Hall–Kier alpha value is -0.770. The van der Waals surface area contributed by atoms with E-state index in [0.29, 0.717) is 12.8 Å². The molecule has 13 heavy (non-hydrogen) atoms. The van der Waals surface area contributed by atoms with Crippen molar-refractivity contribution in [2.45, 2.75) is 32.2 Å². The maximum atomic E-state index is 11.8. The smallest absolute Gasteiger partial charge is 0.284 e. The molecule has 0 bridgehead atoms. The van der Waals surface area contributed by atoms with Crippen LogP contribution in [-0.4, -0.2) is 12.5 Å². The minimum atomic E-state index is -4.53. The molecule has 0 aromatic carbocycles. The normalized spacial score (nSPS) is 24.0. The van der Waals surface area contributed by atoms with E-state index < -0.39 is 12.5 Å². The van der Waals surface area contributed by atoms with Crippen LogP contribution in [0, 0.1) is 0 Å². The van der Waals surface area contributed by atoms with Gasteiger partial charge in [0.2, 0.25) is 0 Å². The molecule has 0 N–H and O–H groups in total. The van der Waals surface area contributed by atoms with E-state index in [4.69, 9.17) is 0 Å². The highest BCUT2D eigenvalue weighted by Gasteiger charge is 2.32. The van der Waals surface area contributed by atoms with Crippen LogP contribution in [0.25, 0.3) is 0 Å². The second kappa shape index (κ2) is 3.96. The monoisotopic (exact) mass is 192 g/mol. The molecule has 0 spiro atoms. The number of hydrogen-bond acceptors (Lipinski definition) is 1. The molecule has 0 aromatic rings. The summed E-state index contributed by atoms with van der Waals surface area (Å²) < 4.78 is 39.3. The molecule has 1 nitrogen and oxygen atoms in total. The van der Waals surface area contributed by atoms with E-state index in [1.165, 1.54) is 6.08 Å². The first-order valence-electron chi connectivity index (χ1n) is 4.07. The zero-order valence-electron chi connectivity index (χ0n) is 7.27. The quantitative estimate of drug-likeness (QED) is 0.620. The third kappa shape index (κ3) is 4.12. The van der Waals surface area contributed by atoms with Crippen molar-refractivity contribution < 1.29 is 17.9 Å². The van der Waals surface area contributed by atoms with Crippen molar-refractivity contribution in [2.75, 3.05) is 0 Å². The molecule has 0 fully saturated rings. The zero-order valence-corrected chi connectivity index (χ0v) is 7.27. The molecule has 0 aromatic heterocycles. The van der Waals surface area contributed by atoms with Crippen molar-refractivity contribution in [1.82, 2.24) is 0 Å². The molecule has 0 saturated heterocycles. The molecule has 0 saturated carbocycles. The first-order valence-corrected chi connectivity index (χ1v) is 4.07. The molecule has 1 aliphatic carbocycles. The van der Waals surface area contributed by atoms with E-state index >= 15 is 0 Å². The van der Waals surface area contributed by atoms with E-state index in [-0.39, 0.29) is 0 Å². The molecule has 1 rings (SSSR count). The van der Waals surface area contributed by atoms with Crippen molar-refractivity contribution in [3.05, 3.63) is 23.8 Å². The third-order valence-corrected chi connectivity index (χ3v) is 1.78. The van der Waals surface area contributed by atoms with Gasteiger partial charge in [-0.2, -0.15) is 0 Å². The van der Waals surface area contributed by atoms with Gasteiger partial charge < -0.3 is 0 Å². The highest BCUT2D eigenvalue weighted by molar-refractivity contribution is 5.19. The van der Waals surface area contributed by atoms with Gasteiger partial charge in [0.1, 0.15) is 0 Å². The molecule has 0 aliphatic heterocycles. The van der Waals surface area contributed by atoms with Crippen molar-refractivity contribution in [1.29, 1.82) is 0 Å². The fourth-order valence-corrected chi connectivity index (χ4v) is 1.17. The number of rotatable bonds is 1. The van der Waals surface area contributed by atoms with Crippen molar-refractivity contribution >= 4 is 0 Å². The van der Waals surface area contributed by atoms with Gasteiger partial charge >= 0.3 is 6.36 Å². The maximum absolute atomic E-state index is 11.8. The molecule has 0 radical (unpaired) electrons. The molecule has 74 valence electrons. The molecular formula is C9H11F3O. The van der Waals surface area contributed by atoms with Crippen molar-refractivity contribution in [2.24, 2.45) is 0 Å². The lowest BCUT2D eigenvalue weighted by Gasteiger charge is -2.14. The van der Waals surface area contributed by atoms with E-state index in [1.54, 1.807) is 6.08 Å². The van der Waals surface area contributed by atoms with Crippen LogP contribution >= 0.6 is 0 Å². The fourth-order valence-electron chi connectivity index (χ4n) is 1.17. The van der Waals surface area contributed by atoms with Crippen LogP contribution in [0.1, 0.15) is 19.8 Å². The topological polar surface area (TPSA) is 9.23 Å². The summed E-state index contributed by atoms with van der Waals surface area (Å²) in [7, 11) is 0. The Morgan fingerprint density at radius 1 is 1.46 bits per heavy atom. The average molecular weight is 192 g/mol. The lowest BCUT2D eigenvalue weighted by atomic mass is 10.2. The van der Waals surface area contributed by atoms with E-state index in [2.05, 4.69) is 4.74 Å². The number of ether oxygens (including phenoxy) is 1. The summed E-state index contributed by atoms with van der Waals surface area (Å²) in [5.74, 6) is 0. The summed E-state index contributed by atoms with van der Waals surface area (Å²) in [5.41, 5.74) is 0.980. The third-order valence-electron chi connectivity index (χ3n) is 1.78. The van der Waals surface area contributed by atoms with Crippen LogP contribution in [0.4, 0.5) is 13.2 Å². The molecule has 0 heterocycles. The number of halogens is 3. The molecule has 1 aliphatic rings. The number of hydrogen-bond donors (Lipinski definition) is 0. The van der Waals surface area contributed by atoms with Gasteiger partial charge in [-0.3, -0.25) is 4.74 Å². The zero-order chi connectivity index (χ0) is 9.90. The first kappa shape index (κ1) is 10.3. The Labute approximate surface area is 74.9 Å². The van der Waals surface area contributed by atoms with Crippen LogP contribution in [0.5, 0.6) is 0 Å². The standard InChI is InChI=1S/C9H11F3O/c1-7-3-2-4-8(6-5-7)13-9(10,11)12/h3,5-6,8H,2,4H2,1H3. The second-order valence-corrected chi connectivity index (χ2v) is 2.99. The summed E-state index contributed by atoms with van der Waals surface area (Å²) in [5, 5.41) is 0. The maximum Gasteiger partial charge on any atom is 0.523 e. The van der Waals surface area contributed by atoms with Gasteiger partial charge in [-0.25, -0.2) is 0 Å². The van der Waals surface area contributed by atoms with Gasteiger partial charge in [-0.1, -0.05) is 23.8 Å². The molecular weight excluding hydrogens is 181 g/mol. The summed E-state index contributed by atoms with van der Waals surface area (Å²) >= 11 is 0. The Morgan fingerprint density at radius 3 is 2.77 bits per heavy atom. The number of alkyl halides is 3. The fraction of sp³-hybridized carbons (Fsp3) is 0.556. The minimum absolute atomic E-state index is 0.382. The van der Waals surface area contributed by atoms with Gasteiger partial charge in [-0.05, 0) is 19.8 Å². The Balaban J connectivity index is 2.51. The van der Waals surface area contributed by atoms with Crippen molar-refractivity contribution in [3.63, 3.8) is 0 Å². The van der Waals surface area contributed by atoms with Crippen LogP contribution in [-0.2, 0) is 4.74 Å². The van der Waals surface area contributed by atoms with Gasteiger partial charge in [0.25, 0.3) is 0 Å². The molecule has 4 heteroatoms. The first-order chi connectivity index (χ1) is 5.97. The molecule has 0 amide bonds. The SMILES string of the molecule is CC1=CCCC(OC(F)(F)F)C=C1. The van der Waals surface area contributed by atoms with Crippen LogP contribution < -0.4 is 0 Å². The molecule has 1 unspecified atom stereocenters. The Bertz CT molecular complexity index is 228. The predicted octanol–water partition coefficient (Wildman–Crippen LogP) is 3.19. The van der Waals surface area contributed by atoms with E-state index in [9.17, 15) is 13.2 Å². The van der Waals surface area contributed by atoms with Gasteiger partial charge in [0.05, 0.1) is 6.10 Å². The lowest BCUT2D eigenvalue weighted by molar-refractivity contribution is -0.336. The minimum Gasteiger partial charge on any atom is -0.284 e. The largest absolute Gasteiger partial charge is 0.523 e. The Morgan fingerprint density at radius 2 is 2.15 bits per heavy atom. The summed E-state index contributed by atoms with van der Waals surface area (Å²) in [4.78, 5) is 0. The van der Waals surface area contributed by atoms with Gasteiger partial charge in [-0.15, -0.1) is 13.2 Å². The van der Waals surface area contributed by atoms with Crippen LogP contribution in [0.3, 0.4) is 0 Å².